The fourth-order valence-electron chi connectivity index (χ4n) is 0.972. The summed E-state index contributed by atoms with van der Waals surface area (Å²) in [4.78, 5) is 7.75. The van der Waals surface area contributed by atoms with Gasteiger partial charge in [0.15, 0.2) is 0 Å². The van der Waals surface area contributed by atoms with E-state index in [0.29, 0.717) is 5.82 Å². The van der Waals surface area contributed by atoms with Gasteiger partial charge in [-0.1, -0.05) is 11.6 Å². The summed E-state index contributed by atoms with van der Waals surface area (Å²) in [6, 6.07) is 1.56. The van der Waals surface area contributed by atoms with E-state index in [0.717, 1.165) is 0 Å². The zero-order valence-corrected chi connectivity index (χ0v) is 10.6. The Morgan fingerprint density at radius 3 is 2.31 bits per heavy atom. The van der Waals surface area contributed by atoms with Crippen molar-refractivity contribution < 1.29 is 5.11 Å². The lowest BCUT2D eigenvalue weighted by molar-refractivity contribution is 0.0239. The zero-order chi connectivity index (χ0) is 12.6. The number of nitrogen functional groups attached to an aromatic ring is 1. The molecule has 1 aromatic rings. The van der Waals surface area contributed by atoms with Gasteiger partial charge in [0.2, 0.25) is 5.95 Å². The van der Waals surface area contributed by atoms with Gasteiger partial charge < -0.3 is 16.2 Å². The van der Waals surface area contributed by atoms with E-state index in [2.05, 4.69) is 15.3 Å². The van der Waals surface area contributed by atoms with Crippen LogP contribution in [-0.4, -0.2) is 26.2 Å². The SMILES string of the molecule is CC(C)(O)C(C)(C)Nc1cc(Cl)nc(N)n1. The van der Waals surface area contributed by atoms with E-state index in [4.69, 9.17) is 17.3 Å². The van der Waals surface area contributed by atoms with Crippen LogP contribution in [-0.2, 0) is 0 Å². The molecule has 0 saturated carbocycles. The summed E-state index contributed by atoms with van der Waals surface area (Å²) in [6.45, 7) is 7.15. The lowest BCUT2D eigenvalue weighted by Crippen LogP contribution is -2.51. The van der Waals surface area contributed by atoms with Crippen LogP contribution < -0.4 is 11.1 Å². The highest BCUT2D eigenvalue weighted by atomic mass is 35.5. The van der Waals surface area contributed by atoms with Crippen molar-refractivity contribution in [3.63, 3.8) is 0 Å². The van der Waals surface area contributed by atoms with Crippen LogP contribution in [0, 0.1) is 0 Å². The second-order valence-corrected chi connectivity index (χ2v) is 5.13. The van der Waals surface area contributed by atoms with Gasteiger partial charge in [0.1, 0.15) is 11.0 Å². The summed E-state index contributed by atoms with van der Waals surface area (Å²) in [5.74, 6) is 0.589. The molecule has 1 rings (SSSR count). The van der Waals surface area contributed by atoms with Crippen molar-refractivity contribution in [1.82, 2.24) is 9.97 Å². The van der Waals surface area contributed by atoms with Gasteiger partial charge in [-0.3, -0.25) is 0 Å². The van der Waals surface area contributed by atoms with E-state index in [1.165, 1.54) is 0 Å². The minimum atomic E-state index is -0.917. The third-order valence-corrected chi connectivity index (χ3v) is 2.88. The molecule has 0 aromatic carbocycles. The first-order valence-electron chi connectivity index (χ1n) is 4.92. The Balaban J connectivity index is 2.96. The van der Waals surface area contributed by atoms with Crippen LogP contribution in [0.4, 0.5) is 11.8 Å². The molecular weight excluding hydrogens is 228 g/mol. The number of nitrogens with zero attached hydrogens (tertiary/aromatic N) is 2. The molecule has 0 aliphatic heterocycles. The second-order valence-electron chi connectivity index (χ2n) is 4.74. The molecule has 6 heteroatoms. The van der Waals surface area contributed by atoms with Crippen LogP contribution in [0.5, 0.6) is 0 Å². The largest absolute Gasteiger partial charge is 0.388 e. The van der Waals surface area contributed by atoms with Crippen LogP contribution in [0.2, 0.25) is 5.15 Å². The highest BCUT2D eigenvalue weighted by Crippen LogP contribution is 2.26. The number of hydrogen-bond donors (Lipinski definition) is 3. The molecule has 0 aliphatic carbocycles. The van der Waals surface area contributed by atoms with Crippen molar-refractivity contribution in [2.24, 2.45) is 0 Å². The molecule has 0 atom stereocenters. The molecule has 0 unspecified atom stereocenters. The molecule has 0 bridgehead atoms. The van der Waals surface area contributed by atoms with Crippen molar-refractivity contribution in [3.05, 3.63) is 11.2 Å². The summed E-state index contributed by atoms with van der Waals surface area (Å²) in [7, 11) is 0. The van der Waals surface area contributed by atoms with Crippen LogP contribution in [0.3, 0.4) is 0 Å². The van der Waals surface area contributed by atoms with Crippen LogP contribution in [0.25, 0.3) is 0 Å². The molecule has 4 N–H and O–H groups in total. The highest BCUT2D eigenvalue weighted by Gasteiger charge is 2.35. The standard InChI is InChI=1S/C10H17ClN4O/c1-9(2,10(3,4)16)15-7-5-6(11)13-8(12)14-7/h5,16H,1-4H3,(H3,12,13,14,15). The third-order valence-electron chi connectivity index (χ3n) is 2.68. The van der Waals surface area contributed by atoms with Crippen molar-refractivity contribution in [3.8, 4) is 0 Å². The molecule has 0 radical (unpaired) electrons. The molecule has 90 valence electrons. The van der Waals surface area contributed by atoms with Crippen molar-refractivity contribution in [1.29, 1.82) is 0 Å². The molecule has 0 fully saturated rings. The van der Waals surface area contributed by atoms with E-state index in [-0.39, 0.29) is 11.1 Å². The molecule has 1 heterocycles. The number of halogens is 1. The van der Waals surface area contributed by atoms with E-state index >= 15 is 0 Å². The van der Waals surface area contributed by atoms with Gasteiger partial charge in [-0.2, -0.15) is 4.98 Å². The molecule has 0 amide bonds. The quantitative estimate of drug-likeness (QED) is 0.705. The Kier molecular flexibility index (Phi) is 3.30. The summed E-state index contributed by atoms with van der Waals surface area (Å²) < 4.78 is 0. The maximum absolute atomic E-state index is 9.98. The van der Waals surface area contributed by atoms with E-state index in [9.17, 15) is 5.11 Å². The van der Waals surface area contributed by atoms with Crippen molar-refractivity contribution >= 4 is 23.4 Å². The Hall–Kier alpha value is -1.07. The van der Waals surface area contributed by atoms with Gasteiger partial charge in [0, 0.05) is 6.07 Å². The lowest BCUT2D eigenvalue weighted by Gasteiger charge is -2.38. The minimum absolute atomic E-state index is 0.0987. The van der Waals surface area contributed by atoms with E-state index in [1.54, 1.807) is 19.9 Å². The number of hydrogen-bond acceptors (Lipinski definition) is 5. The smallest absolute Gasteiger partial charge is 0.223 e. The Bertz CT molecular complexity index is 367. The molecular formula is C10H17ClN4O. The van der Waals surface area contributed by atoms with Crippen LogP contribution in [0.1, 0.15) is 27.7 Å². The van der Waals surface area contributed by atoms with Gasteiger partial charge >= 0.3 is 0 Å². The highest BCUT2D eigenvalue weighted by molar-refractivity contribution is 6.29. The van der Waals surface area contributed by atoms with Crippen molar-refractivity contribution in [2.75, 3.05) is 11.1 Å². The average Bonchev–Trinajstić information content (AvgIpc) is 1.97. The molecule has 16 heavy (non-hydrogen) atoms. The average molecular weight is 245 g/mol. The van der Waals surface area contributed by atoms with E-state index in [1.807, 2.05) is 13.8 Å². The topological polar surface area (TPSA) is 84.1 Å². The van der Waals surface area contributed by atoms with Gasteiger partial charge in [0.05, 0.1) is 11.1 Å². The maximum atomic E-state index is 9.98. The zero-order valence-electron chi connectivity index (χ0n) is 9.87. The number of nitrogens with one attached hydrogen (secondary N) is 1. The first-order chi connectivity index (χ1) is 7.12. The predicted octanol–water partition coefficient (Wildman–Crippen LogP) is 1.67. The molecule has 0 aliphatic rings. The number of aromatic nitrogens is 2. The number of anilines is 2. The lowest BCUT2D eigenvalue weighted by atomic mass is 9.86. The first kappa shape index (κ1) is 13.0. The Morgan fingerprint density at radius 1 is 1.31 bits per heavy atom. The summed E-state index contributed by atoms with van der Waals surface area (Å²) >= 11 is 5.76. The summed E-state index contributed by atoms with van der Waals surface area (Å²) in [5.41, 5.74) is 3.99. The number of rotatable bonds is 3. The van der Waals surface area contributed by atoms with Gasteiger partial charge in [-0.25, -0.2) is 4.98 Å². The van der Waals surface area contributed by atoms with Crippen molar-refractivity contribution in [2.45, 2.75) is 38.8 Å². The second kappa shape index (κ2) is 4.07. The van der Waals surface area contributed by atoms with Crippen LogP contribution in [0.15, 0.2) is 6.07 Å². The molecule has 0 spiro atoms. The summed E-state index contributed by atoms with van der Waals surface area (Å²) in [5, 5.41) is 13.3. The van der Waals surface area contributed by atoms with Gasteiger partial charge in [-0.05, 0) is 27.7 Å². The fraction of sp³-hybridized carbons (Fsp3) is 0.600. The summed E-state index contributed by atoms with van der Waals surface area (Å²) in [6.07, 6.45) is 0. The first-order valence-corrected chi connectivity index (χ1v) is 5.30. The normalized spacial score (nSPS) is 12.6. The van der Waals surface area contributed by atoms with E-state index < -0.39 is 11.1 Å². The Labute approximate surface area is 100 Å². The minimum Gasteiger partial charge on any atom is -0.388 e. The number of aliphatic hydroxyl groups is 1. The van der Waals surface area contributed by atoms with Gasteiger partial charge in [0.25, 0.3) is 0 Å². The predicted molar refractivity (Wildman–Crippen MR) is 65.5 cm³/mol. The third kappa shape index (κ3) is 2.96. The monoisotopic (exact) mass is 244 g/mol. The van der Waals surface area contributed by atoms with Gasteiger partial charge in [-0.15, -0.1) is 0 Å². The maximum Gasteiger partial charge on any atom is 0.223 e. The van der Waals surface area contributed by atoms with Crippen LogP contribution >= 0.6 is 11.6 Å². The fourth-order valence-corrected chi connectivity index (χ4v) is 1.16. The molecule has 0 saturated heterocycles. The Morgan fingerprint density at radius 2 is 1.88 bits per heavy atom. The number of nitrogens with two attached hydrogens (primary N) is 1. The molecule has 1 aromatic heterocycles. The molecule has 5 nitrogen and oxygen atoms in total.